The summed E-state index contributed by atoms with van der Waals surface area (Å²) in [5, 5.41) is 4.38. The molecule has 0 saturated carbocycles. The maximum Gasteiger partial charge on any atom is 0.223 e. The van der Waals surface area contributed by atoms with Gasteiger partial charge in [-0.3, -0.25) is 9.69 Å². The molecule has 0 spiro atoms. The lowest BCUT2D eigenvalue weighted by Gasteiger charge is -2.47. The van der Waals surface area contributed by atoms with Crippen LogP contribution in [0.4, 0.5) is 0 Å². The summed E-state index contributed by atoms with van der Waals surface area (Å²) in [6.07, 6.45) is 2.71. The van der Waals surface area contributed by atoms with Gasteiger partial charge in [0.25, 0.3) is 0 Å². The van der Waals surface area contributed by atoms with Crippen molar-refractivity contribution in [2.45, 2.75) is 38.4 Å². The van der Waals surface area contributed by atoms with Gasteiger partial charge in [0.05, 0.1) is 14.2 Å². The molecule has 6 heteroatoms. The van der Waals surface area contributed by atoms with Gasteiger partial charge in [0.1, 0.15) is 0 Å². The zero-order valence-electron chi connectivity index (χ0n) is 16.6. The van der Waals surface area contributed by atoms with E-state index in [1.54, 1.807) is 25.6 Å². The number of fused-ring (bicyclic) bond motifs is 1. The lowest BCUT2D eigenvalue weighted by molar-refractivity contribution is -0.142. The van der Waals surface area contributed by atoms with Crippen LogP contribution in [0.2, 0.25) is 0 Å². The highest BCUT2D eigenvalue weighted by atomic mass is 32.1. The number of nitrogens with zero attached hydrogens (tertiary/aromatic N) is 2. The summed E-state index contributed by atoms with van der Waals surface area (Å²) in [7, 11) is 3.28. The molecule has 5 nitrogen and oxygen atoms in total. The number of likely N-dealkylation sites (tertiary alicyclic amines) is 2. The van der Waals surface area contributed by atoms with Crippen LogP contribution in [-0.2, 0) is 17.9 Å². The van der Waals surface area contributed by atoms with Gasteiger partial charge in [-0.15, -0.1) is 0 Å². The molecule has 2 saturated heterocycles. The van der Waals surface area contributed by atoms with Crippen molar-refractivity contribution in [3.8, 4) is 11.5 Å². The van der Waals surface area contributed by atoms with Crippen molar-refractivity contribution >= 4 is 17.2 Å². The Morgan fingerprint density at radius 2 is 1.93 bits per heavy atom. The number of carbonyl (C=O) groups excluding carboxylic acids is 1. The van der Waals surface area contributed by atoms with E-state index in [1.807, 2.05) is 18.2 Å². The molecule has 2 aromatic rings. The molecular formula is C22H28N2O3S. The number of hydrogen-bond donors (Lipinski definition) is 0. The summed E-state index contributed by atoms with van der Waals surface area (Å²) in [4.78, 5) is 17.4. The van der Waals surface area contributed by atoms with Crippen LogP contribution in [0, 0.1) is 5.92 Å². The predicted octanol–water partition coefficient (Wildman–Crippen LogP) is 3.78. The monoisotopic (exact) mass is 400 g/mol. The Morgan fingerprint density at radius 3 is 2.68 bits per heavy atom. The van der Waals surface area contributed by atoms with Crippen molar-refractivity contribution in [3.05, 3.63) is 46.2 Å². The van der Waals surface area contributed by atoms with Crippen LogP contribution in [0.25, 0.3) is 0 Å². The van der Waals surface area contributed by atoms with Crippen LogP contribution in [0.5, 0.6) is 11.5 Å². The predicted molar refractivity (Wildman–Crippen MR) is 111 cm³/mol. The lowest BCUT2D eigenvalue weighted by Crippen LogP contribution is -2.55. The standard InChI is InChI=1S/C22H28N2O3S/c1-26-20-5-3-16(11-21(20)27-2)13-24-19-7-9-23(12-17-8-10-28-15-17)14-18(19)4-6-22(24)25/h3,5,8,10-11,15,18-19H,4,6-7,9,12-14H2,1-2H3/t18-,19+/m0/s1. The molecule has 0 bridgehead atoms. The van der Waals surface area contributed by atoms with E-state index in [4.69, 9.17) is 9.47 Å². The third-order valence-electron chi connectivity index (χ3n) is 6.01. The molecule has 0 radical (unpaired) electrons. The van der Waals surface area contributed by atoms with E-state index in [-0.39, 0.29) is 5.91 Å². The first-order valence-corrected chi connectivity index (χ1v) is 10.9. The molecule has 0 aliphatic carbocycles. The molecule has 1 aromatic heterocycles. The zero-order chi connectivity index (χ0) is 19.5. The number of ether oxygens (including phenoxy) is 2. The van der Waals surface area contributed by atoms with Crippen molar-refractivity contribution in [2.24, 2.45) is 5.92 Å². The number of thiophene rings is 1. The van der Waals surface area contributed by atoms with Gasteiger partial charge in [-0.1, -0.05) is 6.07 Å². The first kappa shape index (κ1) is 19.3. The molecule has 1 amide bonds. The Morgan fingerprint density at radius 1 is 1.07 bits per heavy atom. The van der Waals surface area contributed by atoms with E-state index in [2.05, 4.69) is 26.6 Å². The molecule has 2 fully saturated rings. The Kier molecular flexibility index (Phi) is 5.87. The largest absolute Gasteiger partial charge is 0.493 e. The molecule has 2 atom stereocenters. The molecule has 3 heterocycles. The summed E-state index contributed by atoms with van der Waals surface area (Å²) in [6, 6.07) is 8.49. The molecule has 2 aliphatic rings. The Balaban J connectivity index is 1.45. The van der Waals surface area contributed by atoms with Crippen LogP contribution in [0.15, 0.2) is 35.0 Å². The van der Waals surface area contributed by atoms with Crippen molar-refractivity contribution < 1.29 is 14.3 Å². The number of methoxy groups -OCH3 is 2. The topological polar surface area (TPSA) is 42.0 Å². The molecular weight excluding hydrogens is 372 g/mol. The van der Waals surface area contributed by atoms with Gasteiger partial charge in [-0.05, 0) is 58.8 Å². The van der Waals surface area contributed by atoms with Gasteiger partial charge < -0.3 is 14.4 Å². The molecule has 1 aromatic carbocycles. The molecule has 28 heavy (non-hydrogen) atoms. The fraction of sp³-hybridized carbons (Fsp3) is 0.500. The second-order valence-corrected chi connectivity index (χ2v) is 8.51. The second kappa shape index (κ2) is 8.53. The maximum atomic E-state index is 12.7. The number of amides is 1. The first-order chi connectivity index (χ1) is 13.7. The van der Waals surface area contributed by atoms with Crippen molar-refractivity contribution in [1.29, 1.82) is 0 Å². The SMILES string of the molecule is COc1ccc(CN2C(=O)CC[C@H]3CN(Cc4ccsc4)CC[C@H]32)cc1OC. The van der Waals surface area contributed by atoms with Gasteiger partial charge in [0.15, 0.2) is 11.5 Å². The van der Waals surface area contributed by atoms with Crippen molar-refractivity contribution in [1.82, 2.24) is 9.80 Å². The first-order valence-electron chi connectivity index (χ1n) is 9.91. The van der Waals surface area contributed by atoms with Gasteiger partial charge in [0, 0.05) is 38.6 Å². The van der Waals surface area contributed by atoms with Gasteiger partial charge in [-0.25, -0.2) is 0 Å². The number of rotatable bonds is 6. The molecule has 0 N–H and O–H groups in total. The van der Waals surface area contributed by atoms with Crippen LogP contribution in [-0.4, -0.2) is 49.1 Å². The van der Waals surface area contributed by atoms with E-state index in [1.165, 1.54) is 5.56 Å². The number of benzene rings is 1. The van der Waals surface area contributed by atoms with Crippen molar-refractivity contribution in [3.63, 3.8) is 0 Å². The van der Waals surface area contributed by atoms with E-state index >= 15 is 0 Å². The van der Waals surface area contributed by atoms with Gasteiger partial charge >= 0.3 is 0 Å². The quantitative estimate of drug-likeness (QED) is 0.740. The Labute approximate surface area is 170 Å². The van der Waals surface area contributed by atoms with Gasteiger partial charge in [-0.2, -0.15) is 11.3 Å². The Hall–Kier alpha value is -2.05. The highest BCUT2D eigenvalue weighted by molar-refractivity contribution is 7.07. The van der Waals surface area contributed by atoms with E-state index in [0.717, 1.165) is 43.8 Å². The number of piperidine rings is 2. The highest BCUT2D eigenvalue weighted by Gasteiger charge is 2.39. The summed E-state index contributed by atoms with van der Waals surface area (Å²) >= 11 is 1.76. The van der Waals surface area contributed by atoms with E-state index in [0.29, 0.717) is 30.7 Å². The zero-order valence-corrected chi connectivity index (χ0v) is 17.4. The summed E-state index contributed by atoms with van der Waals surface area (Å²) in [6.45, 7) is 3.80. The number of carbonyl (C=O) groups is 1. The number of hydrogen-bond acceptors (Lipinski definition) is 5. The van der Waals surface area contributed by atoms with E-state index in [9.17, 15) is 4.79 Å². The van der Waals surface area contributed by atoms with E-state index < -0.39 is 0 Å². The fourth-order valence-electron chi connectivity index (χ4n) is 4.59. The fourth-order valence-corrected chi connectivity index (χ4v) is 5.25. The average Bonchev–Trinajstić information content (AvgIpc) is 3.23. The smallest absolute Gasteiger partial charge is 0.223 e. The molecule has 150 valence electrons. The lowest BCUT2D eigenvalue weighted by atomic mass is 9.83. The van der Waals surface area contributed by atoms with Crippen LogP contribution < -0.4 is 9.47 Å². The summed E-state index contributed by atoms with van der Waals surface area (Å²) in [5.74, 6) is 2.27. The summed E-state index contributed by atoms with van der Waals surface area (Å²) in [5.41, 5.74) is 2.49. The maximum absolute atomic E-state index is 12.7. The van der Waals surface area contributed by atoms with Crippen LogP contribution in [0.3, 0.4) is 0 Å². The van der Waals surface area contributed by atoms with Crippen molar-refractivity contribution in [2.75, 3.05) is 27.3 Å². The average molecular weight is 401 g/mol. The molecule has 0 unspecified atom stereocenters. The third kappa shape index (κ3) is 4.03. The Bertz CT molecular complexity index is 808. The van der Waals surface area contributed by atoms with Crippen LogP contribution in [0.1, 0.15) is 30.4 Å². The second-order valence-electron chi connectivity index (χ2n) is 7.73. The highest BCUT2D eigenvalue weighted by Crippen LogP contribution is 2.34. The summed E-state index contributed by atoms with van der Waals surface area (Å²) < 4.78 is 10.8. The van der Waals surface area contributed by atoms with Crippen LogP contribution >= 0.6 is 11.3 Å². The minimum Gasteiger partial charge on any atom is -0.493 e. The van der Waals surface area contributed by atoms with Gasteiger partial charge in [0.2, 0.25) is 5.91 Å². The minimum atomic E-state index is 0.280. The molecule has 2 aliphatic heterocycles. The molecule has 4 rings (SSSR count). The normalized spacial score (nSPS) is 22.8. The third-order valence-corrected chi connectivity index (χ3v) is 6.75. The minimum absolute atomic E-state index is 0.280.